The van der Waals surface area contributed by atoms with Gasteiger partial charge in [-0.05, 0) is 53.7 Å². The van der Waals surface area contributed by atoms with Crippen LogP contribution < -0.4 is 10.6 Å². The summed E-state index contributed by atoms with van der Waals surface area (Å²) < 4.78 is 0. The Morgan fingerprint density at radius 2 is 1.55 bits per heavy atom. The standard InChI is InChI=1S/C16H25N3O/c1-15(2,3)18-14(19-16(4,5)6)17-13(20)12-10-8-7-9-11-12/h7-11H,1-6H3,(H2,17,18,19,20). The van der Waals surface area contributed by atoms with Crippen molar-refractivity contribution in [3.05, 3.63) is 35.9 Å². The lowest BCUT2D eigenvalue weighted by molar-refractivity contribution is 0.0975. The monoisotopic (exact) mass is 275 g/mol. The molecule has 0 spiro atoms. The van der Waals surface area contributed by atoms with Gasteiger partial charge in [-0.2, -0.15) is 0 Å². The maximum absolute atomic E-state index is 12.2. The van der Waals surface area contributed by atoms with Crippen molar-refractivity contribution in [2.24, 2.45) is 4.99 Å². The fourth-order valence-corrected chi connectivity index (χ4v) is 1.55. The number of benzene rings is 1. The second-order valence-electron chi connectivity index (χ2n) is 6.83. The Morgan fingerprint density at radius 3 is 2.00 bits per heavy atom. The highest BCUT2D eigenvalue weighted by Gasteiger charge is 2.18. The molecule has 2 N–H and O–H groups in total. The highest BCUT2D eigenvalue weighted by atomic mass is 16.1. The van der Waals surface area contributed by atoms with Gasteiger partial charge in [-0.3, -0.25) is 10.1 Å². The molecule has 0 aliphatic carbocycles. The first-order chi connectivity index (χ1) is 9.07. The van der Waals surface area contributed by atoms with Crippen LogP contribution in [0.4, 0.5) is 0 Å². The van der Waals surface area contributed by atoms with Crippen LogP contribution in [0.3, 0.4) is 0 Å². The van der Waals surface area contributed by atoms with Gasteiger partial charge < -0.3 is 5.32 Å². The first kappa shape index (κ1) is 16.2. The molecule has 1 aromatic carbocycles. The predicted octanol–water partition coefficient (Wildman–Crippen LogP) is 2.96. The quantitative estimate of drug-likeness (QED) is 0.611. The summed E-state index contributed by atoms with van der Waals surface area (Å²) in [6, 6.07) is 9.12. The van der Waals surface area contributed by atoms with Gasteiger partial charge in [-0.15, -0.1) is 0 Å². The summed E-state index contributed by atoms with van der Waals surface area (Å²) in [4.78, 5) is 16.7. The number of nitrogens with zero attached hydrogens (tertiary/aromatic N) is 1. The maximum Gasteiger partial charge on any atom is 0.257 e. The minimum Gasteiger partial charge on any atom is -0.351 e. The van der Waals surface area contributed by atoms with Gasteiger partial charge in [0.15, 0.2) is 5.96 Å². The van der Waals surface area contributed by atoms with Crippen molar-refractivity contribution in [1.29, 1.82) is 0 Å². The van der Waals surface area contributed by atoms with E-state index in [4.69, 9.17) is 0 Å². The predicted molar refractivity (Wildman–Crippen MR) is 84.0 cm³/mol. The maximum atomic E-state index is 12.2. The summed E-state index contributed by atoms with van der Waals surface area (Å²) >= 11 is 0. The number of carbonyl (C=O) groups excluding carboxylic acids is 1. The minimum atomic E-state index is -0.266. The number of aliphatic imine (C=N–C) groups is 1. The number of amides is 1. The normalized spacial score (nSPS) is 13.0. The van der Waals surface area contributed by atoms with Gasteiger partial charge in [0.2, 0.25) is 0 Å². The second-order valence-corrected chi connectivity index (χ2v) is 6.83. The largest absolute Gasteiger partial charge is 0.351 e. The zero-order valence-electron chi connectivity index (χ0n) is 13.2. The van der Waals surface area contributed by atoms with Crippen molar-refractivity contribution in [2.45, 2.75) is 52.6 Å². The number of guanidine groups is 1. The van der Waals surface area contributed by atoms with Crippen LogP contribution in [0.1, 0.15) is 51.9 Å². The molecule has 4 nitrogen and oxygen atoms in total. The summed E-state index contributed by atoms with van der Waals surface area (Å²) in [5.41, 5.74) is 0.177. The van der Waals surface area contributed by atoms with E-state index in [1.54, 1.807) is 12.1 Å². The molecule has 0 saturated carbocycles. The zero-order chi connectivity index (χ0) is 15.4. The van der Waals surface area contributed by atoms with Gasteiger partial charge in [0.25, 0.3) is 5.91 Å². The molecule has 0 atom stereocenters. The van der Waals surface area contributed by atoms with E-state index in [-0.39, 0.29) is 17.0 Å². The van der Waals surface area contributed by atoms with Crippen LogP contribution in [0.15, 0.2) is 35.3 Å². The summed E-state index contributed by atoms with van der Waals surface area (Å²) in [7, 11) is 0. The molecule has 0 unspecified atom stereocenters. The average molecular weight is 275 g/mol. The molecule has 0 radical (unpaired) electrons. The fraction of sp³-hybridized carbons (Fsp3) is 0.500. The molecular weight excluding hydrogens is 250 g/mol. The molecule has 4 heteroatoms. The van der Waals surface area contributed by atoms with Crippen molar-refractivity contribution >= 4 is 11.9 Å². The SMILES string of the molecule is CC(C)(C)N=C(NC(=O)c1ccccc1)NC(C)(C)C. The van der Waals surface area contributed by atoms with E-state index in [0.29, 0.717) is 11.5 Å². The van der Waals surface area contributed by atoms with Crippen LogP contribution in [0.2, 0.25) is 0 Å². The number of hydrogen-bond donors (Lipinski definition) is 2. The molecule has 110 valence electrons. The molecule has 0 bridgehead atoms. The van der Waals surface area contributed by atoms with E-state index in [9.17, 15) is 4.79 Å². The lowest BCUT2D eigenvalue weighted by Crippen LogP contribution is -2.50. The first-order valence-corrected chi connectivity index (χ1v) is 6.81. The van der Waals surface area contributed by atoms with Crippen LogP contribution in [-0.2, 0) is 0 Å². The topological polar surface area (TPSA) is 53.5 Å². The molecule has 0 fully saturated rings. The third-order valence-corrected chi connectivity index (χ3v) is 2.21. The van der Waals surface area contributed by atoms with Gasteiger partial charge in [0.05, 0.1) is 5.54 Å². The third kappa shape index (κ3) is 6.36. The van der Waals surface area contributed by atoms with E-state index < -0.39 is 0 Å². The molecule has 0 aromatic heterocycles. The van der Waals surface area contributed by atoms with E-state index in [0.717, 1.165) is 0 Å². The van der Waals surface area contributed by atoms with Crippen LogP contribution in [-0.4, -0.2) is 22.9 Å². The van der Waals surface area contributed by atoms with Gasteiger partial charge in [0, 0.05) is 11.1 Å². The Labute approximate surface area is 121 Å². The number of hydrogen-bond acceptors (Lipinski definition) is 2. The lowest BCUT2D eigenvalue weighted by Gasteiger charge is -2.26. The van der Waals surface area contributed by atoms with Gasteiger partial charge in [-0.25, -0.2) is 4.99 Å². The van der Waals surface area contributed by atoms with Gasteiger partial charge >= 0.3 is 0 Å². The molecule has 1 rings (SSSR count). The molecule has 0 saturated heterocycles. The van der Waals surface area contributed by atoms with Crippen LogP contribution in [0.5, 0.6) is 0 Å². The second kappa shape index (κ2) is 6.07. The van der Waals surface area contributed by atoms with E-state index >= 15 is 0 Å². The Balaban J connectivity index is 2.91. The van der Waals surface area contributed by atoms with Gasteiger partial charge in [-0.1, -0.05) is 18.2 Å². The summed E-state index contributed by atoms with van der Waals surface area (Å²) in [5.74, 6) is 0.337. The van der Waals surface area contributed by atoms with E-state index in [1.165, 1.54) is 0 Å². The average Bonchev–Trinajstić information content (AvgIpc) is 2.25. The summed E-state index contributed by atoms with van der Waals surface area (Å²) in [6.45, 7) is 12.1. The van der Waals surface area contributed by atoms with E-state index in [1.807, 2.05) is 59.7 Å². The summed E-state index contributed by atoms with van der Waals surface area (Å²) in [6.07, 6.45) is 0. The Bertz CT molecular complexity index is 479. The first-order valence-electron chi connectivity index (χ1n) is 6.81. The Kier molecular flexibility index (Phi) is 4.93. The van der Waals surface area contributed by atoms with Crippen LogP contribution >= 0.6 is 0 Å². The van der Waals surface area contributed by atoms with Crippen molar-refractivity contribution in [2.75, 3.05) is 0 Å². The lowest BCUT2D eigenvalue weighted by atomic mass is 10.1. The number of nitrogens with one attached hydrogen (secondary N) is 2. The fourth-order valence-electron chi connectivity index (χ4n) is 1.55. The summed E-state index contributed by atoms with van der Waals surface area (Å²) in [5, 5.41) is 6.08. The van der Waals surface area contributed by atoms with Crippen molar-refractivity contribution < 1.29 is 4.79 Å². The highest BCUT2D eigenvalue weighted by molar-refractivity contribution is 6.05. The van der Waals surface area contributed by atoms with Crippen molar-refractivity contribution in [1.82, 2.24) is 10.6 Å². The molecule has 0 aliphatic heterocycles. The molecule has 1 aromatic rings. The third-order valence-electron chi connectivity index (χ3n) is 2.21. The van der Waals surface area contributed by atoms with Crippen molar-refractivity contribution in [3.63, 3.8) is 0 Å². The highest BCUT2D eigenvalue weighted by Crippen LogP contribution is 2.08. The van der Waals surface area contributed by atoms with Crippen LogP contribution in [0.25, 0.3) is 0 Å². The molecule has 20 heavy (non-hydrogen) atoms. The molecule has 0 aliphatic rings. The Morgan fingerprint density at radius 1 is 1.00 bits per heavy atom. The number of rotatable bonds is 1. The molecular formula is C16H25N3O. The Hall–Kier alpha value is -1.84. The van der Waals surface area contributed by atoms with E-state index in [2.05, 4.69) is 15.6 Å². The minimum absolute atomic E-state index is 0.162. The van der Waals surface area contributed by atoms with Crippen molar-refractivity contribution in [3.8, 4) is 0 Å². The van der Waals surface area contributed by atoms with Gasteiger partial charge in [0.1, 0.15) is 0 Å². The zero-order valence-corrected chi connectivity index (χ0v) is 13.2. The number of carbonyl (C=O) groups is 1. The smallest absolute Gasteiger partial charge is 0.257 e. The molecule has 1 amide bonds. The molecule has 0 heterocycles. The van der Waals surface area contributed by atoms with Crippen LogP contribution in [0, 0.1) is 0 Å².